The van der Waals surface area contributed by atoms with Crippen molar-refractivity contribution in [2.45, 2.75) is 6.18 Å². The van der Waals surface area contributed by atoms with Crippen molar-refractivity contribution in [2.24, 2.45) is 10.9 Å². The Bertz CT molecular complexity index is 99.7. The highest BCUT2D eigenvalue weighted by Gasteiger charge is 2.28. The van der Waals surface area contributed by atoms with Crippen LogP contribution in [-0.4, -0.2) is 19.1 Å². The zero-order chi connectivity index (χ0) is 7.33. The molecule has 0 heterocycles. The zero-order valence-electron chi connectivity index (χ0n) is 4.35. The molecular weight excluding hydrogens is 137 g/mol. The third-order valence-electron chi connectivity index (χ3n) is 0.364. The molecule has 0 bridgehead atoms. The van der Waals surface area contributed by atoms with E-state index in [1.165, 1.54) is 0 Å². The van der Waals surface area contributed by atoms with Crippen molar-refractivity contribution >= 4 is 6.34 Å². The van der Waals surface area contributed by atoms with Crippen molar-refractivity contribution < 1.29 is 18.0 Å². The van der Waals surface area contributed by atoms with E-state index in [1.54, 1.807) is 0 Å². The van der Waals surface area contributed by atoms with Gasteiger partial charge >= 0.3 is 6.18 Å². The standard InChI is InChI=1S/C3H5F3N2O/c4-3(5,6)1-9-8-2-7/h2H,1H2,(H2,7,8). The van der Waals surface area contributed by atoms with E-state index in [0.29, 0.717) is 6.34 Å². The van der Waals surface area contributed by atoms with Crippen LogP contribution in [0.4, 0.5) is 13.2 Å². The highest BCUT2D eigenvalue weighted by molar-refractivity contribution is 5.49. The zero-order valence-corrected chi connectivity index (χ0v) is 4.35. The number of oxime groups is 1. The van der Waals surface area contributed by atoms with E-state index in [-0.39, 0.29) is 0 Å². The largest absolute Gasteiger partial charge is 0.425 e. The maximum absolute atomic E-state index is 11.1. The molecule has 0 spiro atoms. The summed E-state index contributed by atoms with van der Waals surface area (Å²) in [5.74, 6) is 0. The summed E-state index contributed by atoms with van der Waals surface area (Å²) in [5.41, 5.74) is 4.57. The molecule has 0 aromatic rings. The molecular formula is C3H5F3N2O. The first-order chi connectivity index (χ1) is 4.06. The van der Waals surface area contributed by atoms with E-state index in [4.69, 9.17) is 0 Å². The smallest absolute Gasteiger partial charge is 0.387 e. The maximum Gasteiger partial charge on any atom is 0.425 e. The molecule has 0 saturated carbocycles. The van der Waals surface area contributed by atoms with Crippen molar-refractivity contribution in [1.82, 2.24) is 0 Å². The van der Waals surface area contributed by atoms with Gasteiger partial charge < -0.3 is 10.6 Å². The molecule has 2 N–H and O–H groups in total. The monoisotopic (exact) mass is 142 g/mol. The number of halogens is 3. The van der Waals surface area contributed by atoms with Crippen LogP contribution in [0.1, 0.15) is 0 Å². The number of hydrogen-bond acceptors (Lipinski definition) is 2. The molecule has 0 fully saturated rings. The topological polar surface area (TPSA) is 47.6 Å². The van der Waals surface area contributed by atoms with Crippen LogP contribution in [0.2, 0.25) is 0 Å². The van der Waals surface area contributed by atoms with Gasteiger partial charge in [-0.1, -0.05) is 5.16 Å². The van der Waals surface area contributed by atoms with E-state index in [0.717, 1.165) is 0 Å². The number of rotatable bonds is 2. The van der Waals surface area contributed by atoms with Gasteiger partial charge in [-0.3, -0.25) is 0 Å². The van der Waals surface area contributed by atoms with E-state index in [1.807, 2.05) is 0 Å². The Kier molecular flexibility index (Phi) is 2.83. The SMILES string of the molecule is N/C=N/OCC(F)(F)F. The Morgan fingerprint density at radius 2 is 2.11 bits per heavy atom. The molecule has 0 aliphatic rings. The number of nitrogens with two attached hydrogens (primary N) is 1. The Morgan fingerprint density at radius 1 is 1.56 bits per heavy atom. The minimum atomic E-state index is -4.34. The minimum absolute atomic E-state index is 0.645. The molecule has 0 unspecified atom stereocenters. The Labute approximate surface area is 49.3 Å². The van der Waals surface area contributed by atoms with Crippen molar-refractivity contribution in [1.29, 1.82) is 0 Å². The number of alkyl halides is 3. The highest BCUT2D eigenvalue weighted by Crippen LogP contribution is 2.13. The quantitative estimate of drug-likeness (QED) is 0.346. The van der Waals surface area contributed by atoms with Crippen LogP contribution >= 0.6 is 0 Å². The van der Waals surface area contributed by atoms with Crippen molar-refractivity contribution in [3.8, 4) is 0 Å². The summed E-state index contributed by atoms with van der Waals surface area (Å²) < 4.78 is 33.4. The minimum Gasteiger partial charge on any atom is -0.387 e. The van der Waals surface area contributed by atoms with E-state index >= 15 is 0 Å². The van der Waals surface area contributed by atoms with Crippen molar-refractivity contribution in [2.75, 3.05) is 6.61 Å². The molecule has 0 saturated heterocycles. The molecule has 3 nitrogen and oxygen atoms in total. The molecule has 0 radical (unpaired) electrons. The molecule has 0 amide bonds. The first kappa shape index (κ1) is 8.06. The predicted octanol–water partition coefficient (Wildman–Crippen LogP) is 0.467. The van der Waals surface area contributed by atoms with Crippen LogP contribution in [0.15, 0.2) is 5.16 Å². The van der Waals surface area contributed by atoms with Crippen LogP contribution in [0.5, 0.6) is 0 Å². The van der Waals surface area contributed by atoms with Crippen LogP contribution in [-0.2, 0) is 4.84 Å². The lowest BCUT2D eigenvalue weighted by Gasteiger charge is -2.01. The second kappa shape index (κ2) is 3.16. The first-order valence-corrected chi connectivity index (χ1v) is 1.98. The normalized spacial score (nSPS) is 12.3. The lowest BCUT2D eigenvalue weighted by molar-refractivity contribution is -0.173. The van der Waals surface area contributed by atoms with E-state index < -0.39 is 12.8 Å². The highest BCUT2D eigenvalue weighted by atomic mass is 19.4. The summed E-state index contributed by atoms with van der Waals surface area (Å²) in [5, 5.41) is 2.69. The summed E-state index contributed by atoms with van der Waals surface area (Å²) in [7, 11) is 0. The van der Waals surface area contributed by atoms with Gasteiger partial charge in [-0.05, 0) is 0 Å². The van der Waals surface area contributed by atoms with Gasteiger partial charge in [0.15, 0.2) is 0 Å². The van der Waals surface area contributed by atoms with Gasteiger partial charge in [0.1, 0.15) is 6.34 Å². The summed E-state index contributed by atoms with van der Waals surface area (Å²) in [6.45, 7) is -1.40. The van der Waals surface area contributed by atoms with Gasteiger partial charge in [-0.15, -0.1) is 0 Å². The third kappa shape index (κ3) is 7.06. The van der Waals surface area contributed by atoms with Crippen molar-refractivity contribution in [3.63, 3.8) is 0 Å². The van der Waals surface area contributed by atoms with Crippen LogP contribution < -0.4 is 5.73 Å². The summed E-state index contributed by atoms with van der Waals surface area (Å²) in [6, 6.07) is 0. The lowest BCUT2D eigenvalue weighted by atomic mass is 10.7. The molecule has 0 aliphatic carbocycles. The molecule has 54 valence electrons. The van der Waals surface area contributed by atoms with Gasteiger partial charge in [0.2, 0.25) is 6.61 Å². The van der Waals surface area contributed by atoms with E-state index in [2.05, 4.69) is 15.7 Å². The Hall–Kier alpha value is -0.940. The number of hydrogen-bond donors (Lipinski definition) is 1. The first-order valence-electron chi connectivity index (χ1n) is 1.98. The average molecular weight is 142 g/mol. The summed E-state index contributed by atoms with van der Waals surface area (Å²) >= 11 is 0. The second-order valence-electron chi connectivity index (χ2n) is 1.14. The van der Waals surface area contributed by atoms with Gasteiger partial charge in [-0.25, -0.2) is 0 Å². The molecule has 0 aliphatic heterocycles. The van der Waals surface area contributed by atoms with Gasteiger partial charge in [-0.2, -0.15) is 13.2 Å². The Balaban J connectivity index is 3.28. The fourth-order valence-electron chi connectivity index (χ4n) is 0.153. The summed E-state index contributed by atoms with van der Waals surface area (Å²) in [6.07, 6.45) is -3.70. The molecule has 6 heteroatoms. The van der Waals surface area contributed by atoms with Crippen LogP contribution in [0, 0.1) is 0 Å². The van der Waals surface area contributed by atoms with Crippen molar-refractivity contribution in [3.05, 3.63) is 0 Å². The molecule has 9 heavy (non-hydrogen) atoms. The fraction of sp³-hybridized carbons (Fsp3) is 0.667. The Morgan fingerprint density at radius 3 is 2.44 bits per heavy atom. The van der Waals surface area contributed by atoms with Crippen LogP contribution in [0.3, 0.4) is 0 Å². The van der Waals surface area contributed by atoms with Gasteiger partial charge in [0.05, 0.1) is 0 Å². The molecule has 0 rings (SSSR count). The van der Waals surface area contributed by atoms with Gasteiger partial charge in [0.25, 0.3) is 0 Å². The lowest BCUT2D eigenvalue weighted by Crippen LogP contribution is -2.15. The van der Waals surface area contributed by atoms with Crippen LogP contribution in [0.25, 0.3) is 0 Å². The summed E-state index contributed by atoms with van der Waals surface area (Å²) in [4.78, 5) is 3.67. The fourth-order valence-corrected chi connectivity index (χ4v) is 0.153. The maximum atomic E-state index is 11.1. The average Bonchev–Trinajstić information content (AvgIpc) is 1.63. The molecule has 0 atom stereocenters. The van der Waals surface area contributed by atoms with Gasteiger partial charge in [0, 0.05) is 0 Å². The predicted molar refractivity (Wildman–Crippen MR) is 24.7 cm³/mol. The molecule has 0 aromatic heterocycles. The molecule has 0 aromatic carbocycles. The van der Waals surface area contributed by atoms with E-state index in [9.17, 15) is 13.2 Å². The third-order valence-corrected chi connectivity index (χ3v) is 0.364. The number of nitrogens with zero attached hydrogens (tertiary/aromatic N) is 1. The second-order valence-corrected chi connectivity index (χ2v) is 1.14.